The standard InChI is InChI=1S/C7H10NS/c1-2-3-4-7-5-9-6-8-7/h5-6H,1-4H2. The van der Waals surface area contributed by atoms with Crippen LogP contribution in [0.1, 0.15) is 18.5 Å². The molecule has 1 heterocycles. The highest BCUT2D eigenvalue weighted by Gasteiger charge is 1.90. The first-order valence-electron chi connectivity index (χ1n) is 3.10. The summed E-state index contributed by atoms with van der Waals surface area (Å²) in [6.07, 6.45) is 3.26. The van der Waals surface area contributed by atoms with Gasteiger partial charge in [0.25, 0.3) is 0 Å². The van der Waals surface area contributed by atoms with E-state index in [2.05, 4.69) is 17.3 Å². The van der Waals surface area contributed by atoms with Crippen LogP contribution in [0.3, 0.4) is 0 Å². The van der Waals surface area contributed by atoms with E-state index in [1.807, 2.05) is 5.51 Å². The number of rotatable bonds is 3. The third-order valence-corrected chi connectivity index (χ3v) is 1.80. The Labute approximate surface area is 59.8 Å². The topological polar surface area (TPSA) is 12.9 Å². The van der Waals surface area contributed by atoms with E-state index in [1.54, 1.807) is 11.3 Å². The minimum atomic E-state index is 1.01. The zero-order chi connectivity index (χ0) is 6.53. The Morgan fingerprint density at radius 3 is 3.11 bits per heavy atom. The van der Waals surface area contributed by atoms with E-state index < -0.39 is 0 Å². The molecule has 1 rings (SSSR count). The number of nitrogens with zero attached hydrogens (tertiary/aromatic N) is 1. The van der Waals surface area contributed by atoms with Gasteiger partial charge in [0, 0.05) is 5.38 Å². The molecule has 1 radical (unpaired) electrons. The molecule has 2 heteroatoms. The molecule has 0 aromatic carbocycles. The van der Waals surface area contributed by atoms with E-state index in [4.69, 9.17) is 0 Å². The number of aryl methyl sites for hydroxylation is 1. The van der Waals surface area contributed by atoms with Gasteiger partial charge in [-0.3, -0.25) is 0 Å². The van der Waals surface area contributed by atoms with Crippen molar-refractivity contribution in [3.63, 3.8) is 0 Å². The van der Waals surface area contributed by atoms with Gasteiger partial charge in [-0.15, -0.1) is 11.3 Å². The Hall–Kier alpha value is -0.370. The molecule has 0 aliphatic carbocycles. The van der Waals surface area contributed by atoms with Gasteiger partial charge in [-0.1, -0.05) is 13.3 Å². The third-order valence-electron chi connectivity index (χ3n) is 1.17. The molecule has 0 spiro atoms. The van der Waals surface area contributed by atoms with Gasteiger partial charge < -0.3 is 0 Å². The van der Waals surface area contributed by atoms with Crippen LogP contribution in [0.15, 0.2) is 10.9 Å². The van der Waals surface area contributed by atoms with Crippen molar-refractivity contribution in [1.82, 2.24) is 4.98 Å². The molecule has 0 aliphatic rings. The Kier molecular flexibility index (Phi) is 2.71. The summed E-state index contributed by atoms with van der Waals surface area (Å²) < 4.78 is 0. The molecule has 1 aromatic rings. The van der Waals surface area contributed by atoms with E-state index in [0.29, 0.717) is 0 Å². The summed E-state index contributed by atoms with van der Waals surface area (Å²) in [5, 5.41) is 2.09. The summed E-state index contributed by atoms with van der Waals surface area (Å²) in [5.41, 5.74) is 3.09. The van der Waals surface area contributed by atoms with Crippen LogP contribution in [0.25, 0.3) is 0 Å². The van der Waals surface area contributed by atoms with Crippen LogP contribution >= 0.6 is 11.3 Å². The number of aromatic nitrogens is 1. The van der Waals surface area contributed by atoms with Crippen LogP contribution in [0.5, 0.6) is 0 Å². The lowest BCUT2D eigenvalue weighted by Crippen LogP contribution is -1.81. The number of hydrogen-bond acceptors (Lipinski definition) is 2. The molecule has 0 atom stereocenters. The van der Waals surface area contributed by atoms with Gasteiger partial charge in [-0.05, 0) is 12.8 Å². The second kappa shape index (κ2) is 3.62. The minimum Gasteiger partial charge on any atom is -0.250 e. The lowest BCUT2D eigenvalue weighted by molar-refractivity contribution is 0.822. The largest absolute Gasteiger partial charge is 0.250 e. The van der Waals surface area contributed by atoms with Gasteiger partial charge in [0.1, 0.15) is 0 Å². The van der Waals surface area contributed by atoms with Crippen LogP contribution in [0.4, 0.5) is 0 Å². The molecule has 0 fully saturated rings. The predicted octanol–water partition coefficient (Wildman–Crippen LogP) is 2.30. The lowest BCUT2D eigenvalue weighted by atomic mass is 10.2. The fourth-order valence-corrected chi connectivity index (χ4v) is 1.26. The second-order valence-corrected chi connectivity index (χ2v) is 2.66. The average Bonchev–Trinajstić information content (AvgIpc) is 2.34. The molecule has 0 saturated carbocycles. The molecule has 49 valence electrons. The van der Waals surface area contributed by atoms with Gasteiger partial charge in [0.05, 0.1) is 11.2 Å². The molecular weight excluding hydrogens is 130 g/mol. The molecule has 0 aliphatic heterocycles. The Morgan fingerprint density at radius 1 is 1.67 bits per heavy atom. The van der Waals surface area contributed by atoms with Crippen molar-refractivity contribution in [3.05, 3.63) is 23.5 Å². The summed E-state index contributed by atoms with van der Waals surface area (Å²) in [7, 11) is 0. The predicted molar refractivity (Wildman–Crippen MR) is 40.4 cm³/mol. The van der Waals surface area contributed by atoms with Crippen molar-refractivity contribution in [2.24, 2.45) is 0 Å². The smallest absolute Gasteiger partial charge is 0.0794 e. The van der Waals surface area contributed by atoms with Crippen LogP contribution in [0, 0.1) is 6.92 Å². The highest BCUT2D eigenvalue weighted by molar-refractivity contribution is 7.07. The van der Waals surface area contributed by atoms with Gasteiger partial charge in [0.2, 0.25) is 0 Å². The van der Waals surface area contributed by atoms with Crippen molar-refractivity contribution in [2.45, 2.75) is 19.3 Å². The molecule has 1 aromatic heterocycles. The summed E-state index contributed by atoms with van der Waals surface area (Å²) in [6, 6.07) is 0. The third kappa shape index (κ3) is 2.14. The van der Waals surface area contributed by atoms with Crippen LogP contribution in [0.2, 0.25) is 0 Å². The zero-order valence-electron chi connectivity index (χ0n) is 5.34. The summed E-state index contributed by atoms with van der Waals surface area (Å²) in [4.78, 5) is 4.14. The molecule has 0 saturated heterocycles. The first-order valence-corrected chi connectivity index (χ1v) is 4.04. The normalized spacial score (nSPS) is 9.89. The van der Waals surface area contributed by atoms with E-state index in [1.165, 1.54) is 5.69 Å². The van der Waals surface area contributed by atoms with E-state index >= 15 is 0 Å². The van der Waals surface area contributed by atoms with E-state index in [9.17, 15) is 0 Å². The van der Waals surface area contributed by atoms with Crippen molar-refractivity contribution in [2.75, 3.05) is 0 Å². The quantitative estimate of drug-likeness (QED) is 0.627. The fourth-order valence-electron chi connectivity index (χ4n) is 0.667. The Balaban J connectivity index is 2.30. The summed E-state index contributed by atoms with van der Waals surface area (Å²) in [5.74, 6) is 0. The van der Waals surface area contributed by atoms with Gasteiger partial charge >= 0.3 is 0 Å². The molecule has 0 amide bonds. The summed E-state index contributed by atoms with van der Waals surface area (Å²) >= 11 is 1.66. The van der Waals surface area contributed by atoms with Crippen LogP contribution in [-0.2, 0) is 6.42 Å². The van der Waals surface area contributed by atoms with Crippen molar-refractivity contribution in [3.8, 4) is 0 Å². The first-order chi connectivity index (χ1) is 4.43. The lowest BCUT2D eigenvalue weighted by Gasteiger charge is -1.89. The minimum absolute atomic E-state index is 1.01. The Morgan fingerprint density at radius 2 is 2.56 bits per heavy atom. The molecule has 0 N–H and O–H groups in total. The van der Waals surface area contributed by atoms with E-state index in [0.717, 1.165) is 19.3 Å². The molecule has 0 unspecified atom stereocenters. The van der Waals surface area contributed by atoms with Crippen molar-refractivity contribution >= 4 is 11.3 Å². The highest BCUT2D eigenvalue weighted by Crippen LogP contribution is 2.04. The maximum absolute atomic E-state index is 4.14. The average molecular weight is 140 g/mol. The Bertz CT molecular complexity index is 146. The van der Waals surface area contributed by atoms with Crippen molar-refractivity contribution < 1.29 is 0 Å². The highest BCUT2D eigenvalue weighted by atomic mass is 32.1. The number of thiazole rings is 1. The second-order valence-electron chi connectivity index (χ2n) is 1.94. The van der Waals surface area contributed by atoms with Gasteiger partial charge in [-0.2, -0.15) is 0 Å². The van der Waals surface area contributed by atoms with Gasteiger partial charge in [0.15, 0.2) is 0 Å². The van der Waals surface area contributed by atoms with Crippen molar-refractivity contribution in [1.29, 1.82) is 0 Å². The fraction of sp³-hybridized carbons (Fsp3) is 0.429. The molecule has 1 nitrogen and oxygen atoms in total. The van der Waals surface area contributed by atoms with E-state index in [-0.39, 0.29) is 0 Å². The number of unbranched alkanes of at least 4 members (excludes halogenated alkanes) is 1. The molecule has 9 heavy (non-hydrogen) atoms. The zero-order valence-corrected chi connectivity index (χ0v) is 6.16. The van der Waals surface area contributed by atoms with Crippen LogP contribution < -0.4 is 0 Å². The first kappa shape index (κ1) is 6.75. The molecule has 0 bridgehead atoms. The monoisotopic (exact) mass is 140 g/mol. The maximum atomic E-state index is 4.14. The maximum Gasteiger partial charge on any atom is 0.0794 e. The SMILES string of the molecule is [CH2]CCCc1cscn1. The van der Waals surface area contributed by atoms with Gasteiger partial charge in [-0.25, -0.2) is 4.98 Å². The molecular formula is C7H10NS. The van der Waals surface area contributed by atoms with Crippen LogP contribution in [-0.4, -0.2) is 4.98 Å². The summed E-state index contributed by atoms with van der Waals surface area (Å²) in [6.45, 7) is 3.76. The number of hydrogen-bond donors (Lipinski definition) is 0.